The maximum atomic E-state index is 6.23. The fourth-order valence-electron chi connectivity index (χ4n) is 2.45. The van der Waals surface area contributed by atoms with Gasteiger partial charge < -0.3 is 15.2 Å². The molecule has 0 fully saturated rings. The zero-order valence-corrected chi connectivity index (χ0v) is 12.6. The minimum absolute atomic E-state index is 0.0339. The standard InChI is InChI=1S/C17H18ClNO2/c1-11(19)12-6-7-17(15(18)9-12)20-10-14-8-13-4-2-3-5-16(13)21-14/h2-7,9,11,14H,8,10,19H2,1H3/t11-,14?/m0/s1. The number of para-hydroxylation sites is 1. The normalized spacial score (nSPS) is 18.0. The minimum atomic E-state index is -0.0378. The first-order chi connectivity index (χ1) is 10.1. The predicted molar refractivity (Wildman–Crippen MR) is 84.1 cm³/mol. The maximum Gasteiger partial charge on any atom is 0.138 e. The Kier molecular flexibility index (Phi) is 4.04. The highest BCUT2D eigenvalue weighted by Gasteiger charge is 2.23. The number of benzene rings is 2. The quantitative estimate of drug-likeness (QED) is 0.935. The van der Waals surface area contributed by atoms with Gasteiger partial charge in [0.05, 0.1) is 5.02 Å². The van der Waals surface area contributed by atoms with Crippen molar-refractivity contribution in [2.24, 2.45) is 5.73 Å². The minimum Gasteiger partial charge on any atom is -0.488 e. The molecule has 0 saturated carbocycles. The molecular formula is C17H18ClNO2. The third kappa shape index (κ3) is 3.14. The van der Waals surface area contributed by atoms with Gasteiger partial charge in [0.1, 0.15) is 24.2 Å². The average Bonchev–Trinajstić information content (AvgIpc) is 2.88. The molecule has 2 N–H and O–H groups in total. The molecule has 1 aliphatic rings. The van der Waals surface area contributed by atoms with E-state index in [1.165, 1.54) is 5.56 Å². The van der Waals surface area contributed by atoms with E-state index in [2.05, 4.69) is 6.07 Å². The first-order valence-electron chi connectivity index (χ1n) is 7.06. The Morgan fingerprint density at radius 2 is 2.14 bits per heavy atom. The summed E-state index contributed by atoms with van der Waals surface area (Å²) in [5, 5.41) is 0.584. The fraction of sp³-hybridized carbons (Fsp3) is 0.294. The summed E-state index contributed by atoms with van der Waals surface area (Å²) in [4.78, 5) is 0. The lowest BCUT2D eigenvalue weighted by atomic mass is 10.1. The van der Waals surface area contributed by atoms with Gasteiger partial charge in [0.25, 0.3) is 0 Å². The molecule has 21 heavy (non-hydrogen) atoms. The van der Waals surface area contributed by atoms with Crippen LogP contribution in [0.2, 0.25) is 5.02 Å². The van der Waals surface area contributed by atoms with Gasteiger partial charge in [-0.05, 0) is 36.2 Å². The van der Waals surface area contributed by atoms with Crippen LogP contribution in [0.5, 0.6) is 11.5 Å². The lowest BCUT2D eigenvalue weighted by molar-refractivity contribution is 0.148. The van der Waals surface area contributed by atoms with E-state index in [9.17, 15) is 0 Å². The summed E-state index contributed by atoms with van der Waals surface area (Å²) >= 11 is 6.23. The van der Waals surface area contributed by atoms with Crippen LogP contribution in [0.25, 0.3) is 0 Å². The molecular weight excluding hydrogens is 286 g/mol. The molecule has 2 atom stereocenters. The van der Waals surface area contributed by atoms with Gasteiger partial charge in [-0.3, -0.25) is 0 Å². The van der Waals surface area contributed by atoms with Crippen LogP contribution in [-0.4, -0.2) is 12.7 Å². The SMILES string of the molecule is C[C@H](N)c1ccc(OCC2Cc3ccccc3O2)c(Cl)c1. The third-order valence-corrected chi connectivity index (χ3v) is 3.92. The van der Waals surface area contributed by atoms with Crippen LogP contribution in [0.1, 0.15) is 24.1 Å². The second kappa shape index (κ2) is 5.96. The summed E-state index contributed by atoms with van der Waals surface area (Å²) in [6.07, 6.45) is 0.901. The Morgan fingerprint density at radius 3 is 2.86 bits per heavy atom. The molecule has 0 aromatic heterocycles. The van der Waals surface area contributed by atoms with E-state index in [0.717, 1.165) is 17.7 Å². The Bertz CT molecular complexity index is 617. The van der Waals surface area contributed by atoms with Crippen molar-refractivity contribution in [2.45, 2.75) is 25.5 Å². The van der Waals surface area contributed by atoms with Gasteiger partial charge >= 0.3 is 0 Å². The molecule has 0 bridgehead atoms. The summed E-state index contributed by atoms with van der Waals surface area (Å²) in [5.74, 6) is 1.62. The number of hydrogen-bond donors (Lipinski definition) is 1. The molecule has 2 aromatic rings. The highest BCUT2D eigenvalue weighted by atomic mass is 35.5. The number of ether oxygens (including phenoxy) is 2. The summed E-state index contributed by atoms with van der Waals surface area (Å²) < 4.78 is 11.6. The lowest BCUT2D eigenvalue weighted by Crippen LogP contribution is -2.22. The van der Waals surface area contributed by atoms with Gasteiger partial charge in [-0.2, -0.15) is 0 Å². The molecule has 1 unspecified atom stereocenters. The first-order valence-corrected chi connectivity index (χ1v) is 7.43. The van der Waals surface area contributed by atoms with Gasteiger partial charge in [0.15, 0.2) is 0 Å². The largest absolute Gasteiger partial charge is 0.488 e. The number of fused-ring (bicyclic) bond motifs is 1. The summed E-state index contributed by atoms with van der Waals surface area (Å²) in [6, 6.07) is 13.7. The van der Waals surface area contributed by atoms with Crippen molar-refractivity contribution in [3.05, 3.63) is 58.6 Å². The molecule has 0 saturated heterocycles. The van der Waals surface area contributed by atoms with Crippen molar-refractivity contribution >= 4 is 11.6 Å². The Labute approximate surface area is 129 Å². The molecule has 3 rings (SSSR count). The fourth-order valence-corrected chi connectivity index (χ4v) is 2.69. The van der Waals surface area contributed by atoms with Gasteiger partial charge in [0.2, 0.25) is 0 Å². The Hall–Kier alpha value is -1.71. The van der Waals surface area contributed by atoms with E-state index < -0.39 is 0 Å². The van der Waals surface area contributed by atoms with E-state index in [-0.39, 0.29) is 12.1 Å². The lowest BCUT2D eigenvalue weighted by Gasteiger charge is -2.14. The van der Waals surface area contributed by atoms with Gasteiger partial charge in [0, 0.05) is 12.5 Å². The van der Waals surface area contributed by atoms with Crippen LogP contribution < -0.4 is 15.2 Å². The van der Waals surface area contributed by atoms with Crippen molar-refractivity contribution in [3.63, 3.8) is 0 Å². The van der Waals surface area contributed by atoms with Crippen molar-refractivity contribution in [3.8, 4) is 11.5 Å². The van der Waals surface area contributed by atoms with E-state index in [1.54, 1.807) is 0 Å². The van der Waals surface area contributed by atoms with Gasteiger partial charge in [-0.1, -0.05) is 35.9 Å². The molecule has 3 nitrogen and oxygen atoms in total. The molecule has 1 heterocycles. The second-order valence-electron chi connectivity index (χ2n) is 5.34. The highest BCUT2D eigenvalue weighted by molar-refractivity contribution is 6.32. The molecule has 2 aromatic carbocycles. The van der Waals surface area contributed by atoms with Crippen molar-refractivity contribution in [1.82, 2.24) is 0 Å². The van der Waals surface area contributed by atoms with Crippen molar-refractivity contribution in [2.75, 3.05) is 6.61 Å². The van der Waals surface area contributed by atoms with E-state index in [4.69, 9.17) is 26.8 Å². The Balaban J connectivity index is 1.62. The van der Waals surface area contributed by atoms with Crippen LogP contribution in [0.3, 0.4) is 0 Å². The molecule has 4 heteroatoms. The summed E-state index contributed by atoms with van der Waals surface area (Å²) in [7, 11) is 0. The van der Waals surface area contributed by atoms with Crippen molar-refractivity contribution < 1.29 is 9.47 Å². The first kappa shape index (κ1) is 14.2. The topological polar surface area (TPSA) is 44.5 Å². The van der Waals surface area contributed by atoms with E-state index in [1.807, 2.05) is 43.3 Å². The van der Waals surface area contributed by atoms with Crippen LogP contribution >= 0.6 is 11.6 Å². The predicted octanol–water partition coefficient (Wildman–Crippen LogP) is 3.74. The smallest absolute Gasteiger partial charge is 0.138 e. The summed E-state index contributed by atoms with van der Waals surface area (Å²) in [5.41, 5.74) is 8.06. The molecule has 110 valence electrons. The summed E-state index contributed by atoms with van der Waals surface area (Å²) in [6.45, 7) is 2.40. The molecule has 0 spiro atoms. The van der Waals surface area contributed by atoms with Gasteiger partial charge in [-0.25, -0.2) is 0 Å². The van der Waals surface area contributed by atoms with Crippen molar-refractivity contribution in [1.29, 1.82) is 0 Å². The second-order valence-corrected chi connectivity index (χ2v) is 5.75. The maximum absolute atomic E-state index is 6.23. The zero-order valence-electron chi connectivity index (χ0n) is 11.9. The van der Waals surface area contributed by atoms with E-state index in [0.29, 0.717) is 17.4 Å². The molecule has 1 aliphatic heterocycles. The van der Waals surface area contributed by atoms with Crippen LogP contribution in [0.4, 0.5) is 0 Å². The van der Waals surface area contributed by atoms with E-state index >= 15 is 0 Å². The Morgan fingerprint density at radius 1 is 1.33 bits per heavy atom. The number of rotatable bonds is 4. The molecule has 0 radical (unpaired) electrons. The third-order valence-electron chi connectivity index (χ3n) is 3.62. The number of halogens is 1. The average molecular weight is 304 g/mol. The number of hydrogen-bond acceptors (Lipinski definition) is 3. The van der Waals surface area contributed by atoms with Crippen LogP contribution in [0, 0.1) is 0 Å². The van der Waals surface area contributed by atoms with Gasteiger partial charge in [-0.15, -0.1) is 0 Å². The highest BCUT2D eigenvalue weighted by Crippen LogP contribution is 2.30. The molecule has 0 aliphatic carbocycles. The monoisotopic (exact) mass is 303 g/mol. The van der Waals surface area contributed by atoms with Crippen LogP contribution in [-0.2, 0) is 6.42 Å². The molecule has 0 amide bonds. The zero-order chi connectivity index (χ0) is 14.8. The number of nitrogens with two attached hydrogens (primary N) is 1. The van der Waals surface area contributed by atoms with Crippen LogP contribution in [0.15, 0.2) is 42.5 Å².